The van der Waals surface area contributed by atoms with Gasteiger partial charge >= 0.3 is 6.03 Å². The Balaban J connectivity index is 2.94. The summed E-state index contributed by atoms with van der Waals surface area (Å²) in [5, 5.41) is 79.9. The van der Waals surface area contributed by atoms with E-state index >= 15 is 0 Å². The van der Waals surface area contributed by atoms with Crippen LogP contribution in [0, 0.1) is 21.4 Å². The van der Waals surface area contributed by atoms with Crippen molar-refractivity contribution in [2.24, 2.45) is 0 Å². The Morgan fingerprint density at radius 2 is 0.868 bits per heavy atom. The molecule has 0 saturated heterocycles. The molecule has 0 aliphatic carbocycles. The largest absolute Gasteiger partial charge is 0.395 e. The van der Waals surface area contributed by atoms with E-state index in [0.29, 0.717) is 0 Å². The van der Waals surface area contributed by atoms with Gasteiger partial charge in [0.15, 0.2) is 0 Å². The molecule has 0 aromatic heterocycles. The number of halogens is 6. The van der Waals surface area contributed by atoms with Crippen molar-refractivity contribution in [2.75, 3.05) is 76.1 Å². The van der Waals surface area contributed by atoms with E-state index in [-0.39, 0.29) is 74.7 Å². The highest BCUT2D eigenvalue weighted by Crippen LogP contribution is 2.40. The molecule has 2 aromatic carbocycles. The van der Waals surface area contributed by atoms with Gasteiger partial charge < -0.3 is 62.3 Å². The van der Waals surface area contributed by atoms with E-state index in [1.54, 1.807) is 90.4 Å². The molecule has 0 saturated carbocycles. The summed E-state index contributed by atoms with van der Waals surface area (Å²) >= 11 is 10.8. The molecule has 0 heterocycles. The Labute approximate surface area is 384 Å². The van der Waals surface area contributed by atoms with Gasteiger partial charge in [0.05, 0.1) is 113 Å². The standard InChI is InChI=1S/C29H34I6N6O12/c30-17-13(25(49)36-1-4-42)19(32)23(20(33)14(17)27(51)38-11(7-45)8-46)40-29(53)41(3-6-44)24-21(34)15(26(50)37-2-5-43)18(31)16(22(24)35)28(52)39-12(9-47)10-48/h11-12,42-48H,1-10H2,(H,36,49)(H,37,50)(H,38,51)(H,39,52)(H,40,53). The number of hydrogen-bond acceptors (Lipinski definition) is 12. The summed E-state index contributed by atoms with van der Waals surface area (Å²) in [5.41, 5.74) is -0.291. The molecular weight excluding hydrogens is 1390 g/mol. The van der Waals surface area contributed by atoms with Crippen LogP contribution < -0.4 is 31.5 Å². The molecule has 12 N–H and O–H groups in total. The molecule has 0 atom stereocenters. The quantitative estimate of drug-likeness (QED) is 0.0877. The highest BCUT2D eigenvalue weighted by molar-refractivity contribution is 14.1. The summed E-state index contributed by atoms with van der Waals surface area (Å²) < 4.78 is 0.937. The first-order chi connectivity index (χ1) is 25.1. The summed E-state index contributed by atoms with van der Waals surface area (Å²) in [5.74, 6) is -2.99. The van der Waals surface area contributed by atoms with E-state index in [9.17, 15) is 59.7 Å². The minimum atomic E-state index is -1.06. The average Bonchev–Trinajstić information content (AvgIpc) is 3.12. The maximum Gasteiger partial charge on any atom is 0.326 e. The third-order valence-electron chi connectivity index (χ3n) is 6.94. The molecular formula is C29H34I6N6O12. The number of aliphatic hydroxyl groups excluding tert-OH is 7. The van der Waals surface area contributed by atoms with Crippen molar-refractivity contribution in [3.05, 3.63) is 43.7 Å². The van der Waals surface area contributed by atoms with Crippen molar-refractivity contribution < 1.29 is 59.7 Å². The summed E-state index contributed by atoms with van der Waals surface area (Å²) in [7, 11) is 0. The van der Waals surface area contributed by atoms with Gasteiger partial charge in [-0.15, -0.1) is 0 Å². The van der Waals surface area contributed by atoms with Crippen molar-refractivity contribution in [1.82, 2.24) is 21.3 Å². The minimum absolute atomic E-state index is 0.00477. The van der Waals surface area contributed by atoms with Crippen LogP contribution in [0.3, 0.4) is 0 Å². The average molecular weight is 1420 g/mol. The molecule has 6 amide bonds. The number of anilines is 2. The van der Waals surface area contributed by atoms with Gasteiger partial charge in [0.1, 0.15) is 0 Å². The molecule has 0 aliphatic heterocycles. The fourth-order valence-electron chi connectivity index (χ4n) is 4.38. The zero-order valence-electron chi connectivity index (χ0n) is 27.1. The van der Waals surface area contributed by atoms with E-state index in [1.807, 2.05) is 45.2 Å². The lowest BCUT2D eigenvalue weighted by Gasteiger charge is -2.29. The van der Waals surface area contributed by atoms with E-state index in [2.05, 4.69) is 26.6 Å². The van der Waals surface area contributed by atoms with Crippen LogP contribution >= 0.6 is 136 Å². The van der Waals surface area contributed by atoms with Gasteiger partial charge in [-0.2, -0.15) is 0 Å². The van der Waals surface area contributed by atoms with Crippen LogP contribution in [0.25, 0.3) is 0 Å². The van der Waals surface area contributed by atoms with Gasteiger partial charge in [-0.1, -0.05) is 0 Å². The zero-order chi connectivity index (χ0) is 40.2. The van der Waals surface area contributed by atoms with Crippen molar-refractivity contribution in [3.8, 4) is 0 Å². The highest BCUT2D eigenvalue weighted by atomic mass is 127. The van der Waals surface area contributed by atoms with Crippen LogP contribution in [-0.4, -0.2) is 143 Å². The number of aliphatic hydroxyl groups is 7. The fourth-order valence-corrected chi connectivity index (χ4v) is 13.5. The number of hydrogen-bond donors (Lipinski definition) is 12. The maximum absolute atomic E-state index is 14.4. The second-order valence-electron chi connectivity index (χ2n) is 10.4. The van der Waals surface area contributed by atoms with Crippen LogP contribution in [0.5, 0.6) is 0 Å². The first-order valence-corrected chi connectivity index (χ1v) is 21.5. The number of amides is 6. The molecule has 18 nitrogen and oxygen atoms in total. The molecule has 0 fully saturated rings. The molecule has 24 heteroatoms. The van der Waals surface area contributed by atoms with Crippen LogP contribution in [0.1, 0.15) is 41.4 Å². The summed E-state index contributed by atoms with van der Waals surface area (Å²) in [6.45, 7) is -4.48. The Morgan fingerprint density at radius 1 is 0.509 bits per heavy atom. The number of nitrogens with zero attached hydrogens (tertiary/aromatic N) is 1. The molecule has 294 valence electrons. The van der Waals surface area contributed by atoms with E-state index < -0.39 is 87.9 Å². The predicted molar refractivity (Wildman–Crippen MR) is 242 cm³/mol. The lowest BCUT2D eigenvalue weighted by Crippen LogP contribution is -2.43. The Morgan fingerprint density at radius 3 is 1.23 bits per heavy atom. The van der Waals surface area contributed by atoms with Gasteiger partial charge in [-0.05, 0) is 136 Å². The lowest BCUT2D eigenvalue weighted by atomic mass is 10.1. The van der Waals surface area contributed by atoms with Crippen LogP contribution in [-0.2, 0) is 0 Å². The lowest BCUT2D eigenvalue weighted by molar-refractivity contribution is 0.0871. The van der Waals surface area contributed by atoms with Crippen LogP contribution in [0.2, 0.25) is 0 Å². The number of nitrogens with one attached hydrogen (secondary N) is 5. The topological polar surface area (TPSA) is 290 Å². The second-order valence-corrected chi connectivity index (χ2v) is 16.9. The second kappa shape index (κ2) is 23.8. The summed E-state index contributed by atoms with van der Waals surface area (Å²) in [6, 6.07) is -3.05. The summed E-state index contributed by atoms with van der Waals surface area (Å²) in [6.07, 6.45) is 0. The molecule has 0 radical (unpaired) electrons. The third-order valence-corrected chi connectivity index (χ3v) is 13.4. The van der Waals surface area contributed by atoms with Gasteiger partial charge in [-0.3, -0.25) is 24.1 Å². The minimum Gasteiger partial charge on any atom is -0.395 e. The fraction of sp³-hybridized carbons (Fsp3) is 0.414. The van der Waals surface area contributed by atoms with Crippen molar-refractivity contribution >= 4 is 177 Å². The first-order valence-electron chi connectivity index (χ1n) is 15.0. The molecule has 2 rings (SSSR count). The van der Waals surface area contributed by atoms with Crippen molar-refractivity contribution in [1.29, 1.82) is 0 Å². The molecule has 0 unspecified atom stereocenters. The van der Waals surface area contributed by atoms with Gasteiger partial charge in [0.25, 0.3) is 23.6 Å². The monoisotopic (exact) mass is 1420 g/mol. The normalized spacial score (nSPS) is 11.1. The number of urea groups is 1. The number of carbonyl (C=O) groups excluding carboxylic acids is 5. The Bertz CT molecular complexity index is 1700. The molecule has 53 heavy (non-hydrogen) atoms. The number of rotatable bonds is 18. The molecule has 0 bridgehead atoms. The molecule has 0 spiro atoms. The zero-order valence-corrected chi connectivity index (χ0v) is 40.1. The van der Waals surface area contributed by atoms with E-state index in [0.717, 1.165) is 4.90 Å². The smallest absolute Gasteiger partial charge is 0.326 e. The van der Waals surface area contributed by atoms with Crippen molar-refractivity contribution in [2.45, 2.75) is 12.1 Å². The first kappa shape index (κ1) is 48.8. The van der Waals surface area contributed by atoms with Gasteiger partial charge in [-0.25, -0.2) is 4.79 Å². The van der Waals surface area contributed by atoms with Gasteiger partial charge in [0, 0.05) is 20.2 Å². The Kier molecular flexibility index (Phi) is 21.9. The summed E-state index contributed by atoms with van der Waals surface area (Å²) in [4.78, 5) is 69.4. The maximum atomic E-state index is 14.4. The number of carbonyl (C=O) groups is 5. The van der Waals surface area contributed by atoms with Gasteiger partial charge in [0.2, 0.25) is 0 Å². The SMILES string of the molecule is O=C(NCCO)c1c(I)c(NC(=O)N(CCO)c2c(I)c(C(=O)NCCO)c(I)c(C(=O)NC(CO)CO)c2I)c(I)c(C(=O)NC(CO)CO)c1I. The number of benzene rings is 2. The molecule has 0 aliphatic rings. The highest BCUT2D eigenvalue weighted by Gasteiger charge is 2.34. The Hall–Kier alpha value is -0.310. The predicted octanol–water partition coefficient (Wildman–Crippen LogP) is -0.0448. The molecule has 2 aromatic rings. The van der Waals surface area contributed by atoms with E-state index in [1.165, 1.54) is 0 Å². The van der Waals surface area contributed by atoms with Crippen LogP contribution in [0.15, 0.2) is 0 Å². The van der Waals surface area contributed by atoms with E-state index in [4.69, 9.17) is 0 Å². The van der Waals surface area contributed by atoms with Crippen molar-refractivity contribution in [3.63, 3.8) is 0 Å². The van der Waals surface area contributed by atoms with Crippen LogP contribution in [0.4, 0.5) is 16.2 Å². The third kappa shape index (κ3) is 12.1.